The van der Waals surface area contributed by atoms with Gasteiger partial charge in [0.15, 0.2) is 0 Å². The molecule has 0 aliphatic carbocycles. The zero-order chi connectivity index (χ0) is 19.8. The summed E-state index contributed by atoms with van der Waals surface area (Å²) in [6.07, 6.45) is 1.38. The Hall–Kier alpha value is -3.48. The summed E-state index contributed by atoms with van der Waals surface area (Å²) in [6.45, 7) is 5.71. The summed E-state index contributed by atoms with van der Waals surface area (Å²) in [5, 5.41) is 10.3. The molecule has 28 heavy (non-hydrogen) atoms. The normalized spacial score (nSPS) is 15.8. The second-order valence-electron chi connectivity index (χ2n) is 6.89. The molecule has 1 aromatic heterocycles. The third kappa shape index (κ3) is 3.05. The molecule has 1 aliphatic heterocycles. The zero-order valence-electron chi connectivity index (χ0n) is 15.8. The number of aromatic nitrogens is 3. The van der Waals surface area contributed by atoms with E-state index in [9.17, 15) is 9.18 Å². The standard InChI is InChI=1S/C21H20FN5O/c1-12-8-9-17(13(2)10-12)26-20(28)18-14(3)25-21-23-11-24-27(21)19(18)15-6-4-5-7-16(15)22/h4-11,19H,1-3H3,(H,26,28)(H,23,24,25). The van der Waals surface area contributed by atoms with Crippen molar-refractivity contribution < 1.29 is 9.18 Å². The van der Waals surface area contributed by atoms with Crippen LogP contribution in [0.2, 0.25) is 0 Å². The van der Waals surface area contributed by atoms with Crippen molar-refractivity contribution in [1.82, 2.24) is 14.8 Å². The summed E-state index contributed by atoms with van der Waals surface area (Å²) in [4.78, 5) is 17.4. The van der Waals surface area contributed by atoms with Crippen molar-refractivity contribution in [2.24, 2.45) is 0 Å². The molecule has 1 unspecified atom stereocenters. The first-order valence-corrected chi connectivity index (χ1v) is 8.96. The predicted molar refractivity (Wildman–Crippen MR) is 105 cm³/mol. The van der Waals surface area contributed by atoms with Gasteiger partial charge >= 0.3 is 0 Å². The van der Waals surface area contributed by atoms with Gasteiger partial charge in [-0.05, 0) is 38.5 Å². The van der Waals surface area contributed by atoms with Crippen molar-refractivity contribution in [3.05, 3.63) is 82.6 Å². The molecular weight excluding hydrogens is 357 g/mol. The molecule has 2 aromatic carbocycles. The monoisotopic (exact) mass is 377 g/mol. The van der Waals surface area contributed by atoms with Crippen molar-refractivity contribution in [1.29, 1.82) is 0 Å². The molecule has 7 heteroatoms. The van der Waals surface area contributed by atoms with Crippen molar-refractivity contribution in [3.8, 4) is 0 Å². The lowest BCUT2D eigenvalue weighted by atomic mass is 9.94. The lowest BCUT2D eigenvalue weighted by Crippen LogP contribution is -2.32. The van der Waals surface area contributed by atoms with Gasteiger partial charge in [0.2, 0.25) is 5.95 Å². The first-order chi connectivity index (χ1) is 13.5. The van der Waals surface area contributed by atoms with Crippen LogP contribution in [-0.4, -0.2) is 20.7 Å². The molecule has 0 saturated heterocycles. The number of amides is 1. The molecule has 2 N–H and O–H groups in total. The summed E-state index contributed by atoms with van der Waals surface area (Å²) in [7, 11) is 0. The van der Waals surface area contributed by atoms with E-state index in [-0.39, 0.29) is 5.91 Å². The van der Waals surface area contributed by atoms with Crippen LogP contribution in [-0.2, 0) is 4.79 Å². The minimum Gasteiger partial charge on any atom is -0.328 e. The Bertz CT molecular complexity index is 1100. The van der Waals surface area contributed by atoms with Crippen molar-refractivity contribution in [2.45, 2.75) is 26.8 Å². The van der Waals surface area contributed by atoms with E-state index in [1.54, 1.807) is 25.1 Å². The van der Waals surface area contributed by atoms with Gasteiger partial charge in [-0.2, -0.15) is 10.1 Å². The fourth-order valence-electron chi connectivity index (χ4n) is 3.51. The summed E-state index contributed by atoms with van der Waals surface area (Å²) in [5.74, 6) is -0.249. The topological polar surface area (TPSA) is 71.8 Å². The number of hydrogen-bond acceptors (Lipinski definition) is 4. The molecule has 6 nitrogen and oxygen atoms in total. The Kier molecular flexibility index (Phi) is 4.43. The fraction of sp³-hybridized carbons (Fsp3) is 0.190. The van der Waals surface area contributed by atoms with Crippen LogP contribution in [0.5, 0.6) is 0 Å². The van der Waals surface area contributed by atoms with Gasteiger partial charge in [-0.15, -0.1) is 0 Å². The Morgan fingerprint density at radius 2 is 1.96 bits per heavy atom. The third-order valence-corrected chi connectivity index (χ3v) is 4.87. The van der Waals surface area contributed by atoms with Crippen LogP contribution in [0.4, 0.5) is 16.0 Å². The van der Waals surface area contributed by atoms with Gasteiger partial charge in [0.25, 0.3) is 5.91 Å². The van der Waals surface area contributed by atoms with Crippen LogP contribution >= 0.6 is 0 Å². The molecular formula is C21H20FN5O. The minimum absolute atomic E-state index is 0.314. The average Bonchev–Trinajstić information content (AvgIpc) is 3.11. The van der Waals surface area contributed by atoms with E-state index in [1.165, 1.54) is 17.1 Å². The van der Waals surface area contributed by atoms with E-state index >= 15 is 0 Å². The number of nitrogens with one attached hydrogen (secondary N) is 2. The van der Waals surface area contributed by atoms with E-state index < -0.39 is 11.9 Å². The molecule has 4 rings (SSSR count). The van der Waals surface area contributed by atoms with E-state index in [0.717, 1.165) is 11.1 Å². The Labute approximate surface area is 162 Å². The molecule has 2 heterocycles. The highest BCUT2D eigenvalue weighted by Gasteiger charge is 2.34. The molecule has 0 saturated carbocycles. The van der Waals surface area contributed by atoms with Gasteiger partial charge < -0.3 is 10.6 Å². The molecule has 0 fully saturated rings. The number of fused-ring (bicyclic) bond motifs is 1. The number of rotatable bonds is 3. The molecule has 0 spiro atoms. The van der Waals surface area contributed by atoms with E-state index in [2.05, 4.69) is 20.7 Å². The van der Waals surface area contributed by atoms with Crippen LogP contribution in [0.3, 0.4) is 0 Å². The molecule has 142 valence electrons. The largest absolute Gasteiger partial charge is 0.328 e. The highest BCUT2D eigenvalue weighted by molar-refractivity contribution is 6.06. The number of halogens is 1. The number of carbonyl (C=O) groups is 1. The highest BCUT2D eigenvalue weighted by Crippen LogP contribution is 2.36. The van der Waals surface area contributed by atoms with Crippen molar-refractivity contribution >= 4 is 17.5 Å². The number of hydrogen-bond donors (Lipinski definition) is 2. The minimum atomic E-state index is -0.717. The highest BCUT2D eigenvalue weighted by atomic mass is 19.1. The lowest BCUT2D eigenvalue weighted by molar-refractivity contribution is -0.113. The molecule has 0 radical (unpaired) electrons. The van der Waals surface area contributed by atoms with Crippen LogP contribution < -0.4 is 10.6 Å². The number of nitrogens with zero attached hydrogens (tertiary/aromatic N) is 3. The number of benzene rings is 2. The predicted octanol–water partition coefficient (Wildman–Crippen LogP) is 3.96. The molecule has 1 aliphatic rings. The van der Waals surface area contributed by atoms with Gasteiger partial charge in [-0.25, -0.2) is 9.07 Å². The van der Waals surface area contributed by atoms with Crippen molar-refractivity contribution in [2.75, 3.05) is 10.6 Å². The maximum Gasteiger partial charge on any atom is 0.255 e. The van der Waals surface area contributed by atoms with E-state index in [0.29, 0.717) is 28.5 Å². The fourth-order valence-corrected chi connectivity index (χ4v) is 3.51. The van der Waals surface area contributed by atoms with Gasteiger partial charge in [0, 0.05) is 16.9 Å². The van der Waals surface area contributed by atoms with Crippen LogP contribution in [0, 0.1) is 19.7 Å². The van der Waals surface area contributed by atoms with Gasteiger partial charge in [-0.1, -0.05) is 35.9 Å². The average molecular weight is 377 g/mol. The van der Waals surface area contributed by atoms with Crippen LogP contribution in [0.1, 0.15) is 29.7 Å². The van der Waals surface area contributed by atoms with Gasteiger partial charge in [0.1, 0.15) is 18.2 Å². The number of anilines is 2. The maximum absolute atomic E-state index is 14.6. The number of carbonyl (C=O) groups excluding carboxylic acids is 1. The first-order valence-electron chi connectivity index (χ1n) is 8.96. The zero-order valence-corrected chi connectivity index (χ0v) is 15.8. The Balaban J connectivity index is 1.79. The maximum atomic E-state index is 14.6. The number of aryl methyl sites for hydroxylation is 2. The van der Waals surface area contributed by atoms with Gasteiger partial charge in [0.05, 0.1) is 5.57 Å². The quantitative estimate of drug-likeness (QED) is 0.725. The Morgan fingerprint density at radius 3 is 2.71 bits per heavy atom. The van der Waals surface area contributed by atoms with Gasteiger partial charge in [-0.3, -0.25) is 4.79 Å². The number of allylic oxidation sites excluding steroid dienone is 1. The van der Waals surface area contributed by atoms with Crippen molar-refractivity contribution in [3.63, 3.8) is 0 Å². The second-order valence-corrected chi connectivity index (χ2v) is 6.89. The van der Waals surface area contributed by atoms with E-state index in [4.69, 9.17) is 0 Å². The third-order valence-electron chi connectivity index (χ3n) is 4.87. The molecule has 3 aromatic rings. The molecule has 1 amide bonds. The molecule has 1 atom stereocenters. The van der Waals surface area contributed by atoms with Crippen LogP contribution in [0.15, 0.2) is 60.1 Å². The SMILES string of the molecule is CC1=C(C(=O)Nc2ccc(C)cc2C)C(c2ccccc2F)n2ncnc2N1. The van der Waals surface area contributed by atoms with Crippen LogP contribution in [0.25, 0.3) is 0 Å². The summed E-state index contributed by atoms with van der Waals surface area (Å²) in [5.41, 5.74) is 4.15. The summed E-state index contributed by atoms with van der Waals surface area (Å²) in [6, 6.07) is 11.5. The van der Waals surface area contributed by atoms with E-state index in [1.807, 2.05) is 32.0 Å². The molecule has 0 bridgehead atoms. The summed E-state index contributed by atoms with van der Waals surface area (Å²) < 4.78 is 16.2. The first kappa shape index (κ1) is 17.9. The lowest BCUT2D eigenvalue weighted by Gasteiger charge is -2.29. The Morgan fingerprint density at radius 1 is 1.18 bits per heavy atom. The smallest absolute Gasteiger partial charge is 0.255 e. The summed E-state index contributed by atoms with van der Waals surface area (Å²) >= 11 is 0. The second kappa shape index (κ2) is 6.92.